The lowest BCUT2D eigenvalue weighted by Crippen LogP contribution is -2.19. The van der Waals surface area contributed by atoms with E-state index in [1.165, 1.54) is 9.13 Å². The van der Waals surface area contributed by atoms with E-state index in [1.54, 1.807) is 30.9 Å². The molecule has 0 aliphatic rings. The smallest absolute Gasteiger partial charge is 0.152 e. The number of aromatic nitrogens is 3. The Morgan fingerprint density at radius 3 is 2.43 bits per heavy atom. The number of nitrogens with zero attached hydrogens (tertiary/aromatic N) is 4. The predicted molar refractivity (Wildman–Crippen MR) is 103 cm³/mol. The normalized spacial score (nSPS) is 10.4. The van der Waals surface area contributed by atoms with Crippen LogP contribution in [0.5, 0.6) is 0 Å². The van der Waals surface area contributed by atoms with Gasteiger partial charge >= 0.3 is 0 Å². The largest absolute Gasteiger partial charge is 0.399 e. The number of pyridine rings is 1. The maximum absolute atomic E-state index is 5.90. The molecule has 0 bridgehead atoms. The molecule has 2 heterocycles. The molecule has 116 valence electrons. The molecular formula is C17H16IN5. The number of halogens is 1. The van der Waals surface area contributed by atoms with Crippen LogP contribution in [0, 0.1) is 3.57 Å². The van der Waals surface area contributed by atoms with Gasteiger partial charge < -0.3 is 10.6 Å². The molecule has 6 heteroatoms. The van der Waals surface area contributed by atoms with Crippen LogP contribution in [0.2, 0.25) is 0 Å². The summed E-state index contributed by atoms with van der Waals surface area (Å²) in [6, 6.07) is 12.1. The van der Waals surface area contributed by atoms with E-state index in [4.69, 9.17) is 5.73 Å². The van der Waals surface area contributed by atoms with Crippen molar-refractivity contribution < 1.29 is 0 Å². The first-order chi connectivity index (χ1) is 11.3. The fraction of sp³-hybridized carbons (Fsp3) is 0.0588. The summed E-state index contributed by atoms with van der Waals surface area (Å²) in [6.45, 7) is 0.644. The van der Waals surface area contributed by atoms with Crippen molar-refractivity contribution in [1.82, 2.24) is 15.0 Å². The van der Waals surface area contributed by atoms with Crippen LogP contribution in [0.15, 0.2) is 61.2 Å². The van der Waals surface area contributed by atoms with Gasteiger partial charge in [0, 0.05) is 33.9 Å². The first-order valence-corrected chi connectivity index (χ1v) is 9.59. The van der Waals surface area contributed by atoms with E-state index in [2.05, 4.69) is 43.7 Å². The Hall–Kier alpha value is -2.35. The standard InChI is InChI=1S/C17H16IN5/c1-18-14-4-2-13(3-5-14)12-23(17-11-20-8-9-22-17)16-10-15(19)6-7-21-16/h2-11H,1,12H2,(H2,19,21). The molecule has 3 aromatic rings. The van der Waals surface area contributed by atoms with Gasteiger partial charge in [-0.15, -0.1) is 0 Å². The highest BCUT2D eigenvalue weighted by Gasteiger charge is 2.13. The number of nitrogens with two attached hydrogens (primary N) is 1. The van der Waals surface area contributed by atoms with Crippen molar-refractivity contribution in [1.29, 1.82) is 0 Å². The van der Waals surface area contributed by atoms with E-state index >= 15 is 0 Å². The topological polar surface area (TPSA) is 67.9 Å². The zero-order valence-electron chi connectivity index (χ0n) is 12.4. The molecule has 0 spiro atoms. The van der Waals surface area contributed by atoms with Gasteiger partial charge in [-0.05, 0) is 23.8 Å². The van der Waals surface area contributed by atoms with Crippen molar-refractivity contribution >= 4 is 42.6 Å². The SMILES string of the molecule is C=Ic1ccc(CN(c2cnccn2)c2cc(N)ccn2)cc1. The molecule has 0 aliphatic heterocycles. The van der Waals surface area contributed by atoms with Crippen molar-refractivity contribution in [2.75, 3.05) is 10.6 Å². The monoisotopic (exact) mass is 417 g/mol. The predicted octanol–water partition coefficient (Wildman–Crippen LogP) is 3.36. The second-order valence-electron chi connectivity index (χ2n) is 4.86. The van der Waals surface area contributed by atoms with Gasteiger partial charge in [0.05, 0.1) is 12.7 Å². The minimum atomic E-state index is -0.133. The van der Waals surface area contributed by atoms with Gasteiger partial charge in [0.2, 0.25) is 0 Å². The molecule has 0 atom stereocenters. The fourth-order valence-corrected chi connectivity index (χ4v) is 3.02. The molecule has 1 aromatic carbocycles. The molecular weight excluding hydrogens is 401 g/mol. The van der Waals surface area contributed by atoms with E-state index in [9.17, 15) is 0 Å². The lowest BCUT2D eigenvalue weighted by atomic mass is 10.2. The molecule has 0 fully saturated rings. The maximum atomic E-state index is 5.90. The third kappa shape index (κ3) is 3.89. The molecule has 0 unspecified atom stereocenters. The first kappa shape index (κ1) is 15.5. The van der Waals surface area contributed by atoms with E-state index in [0.717, 1.165) is 11.6 Å². The second-order valence-corrected chi connectivity index (χ2v) is 6.87. The summed E-state index contributed by atoms with van der Waals surface area (Å²) in [5.41, 5.74) is 7.74. The zero-order chi connectivity index (χ0) is 16.1. The van der Waals surface area contributed by atoms with Gasteiger partial charge in [-0.1, -0.05) is 37.4 Å². The molecule has 2 aromatic heterocycles. The highest BCUT2D eigenvalue weighted by molar-refractivity contribution is 14.2. The molecule has 2 N–H and O–H groups in total. The van der Waals surface area contributed by atoms with Gasteiger partial charge in [0.25, 0.3) is 0 Å². The van der Waals surface area contributed by atoms with Crippen molar-refractivity contribution in [2.24, 2.45) is 0 Å². The van der Waals surface area contributed by atoms with Crippen LogP contribution in [0.4, 0.5) is 17.3 Å². The van der Waals surface area contributed by atoms with Crippen LogP contribution >= 0.6 is 20.7 Å². The first-order valence-electron chi connectivity index (χ1n) is 6.98. The zero-order valence-corrected chi connectivity index (χ0v) is 14.6. The number of nitrogen functional groups attached to an aromatic ring is 1. The van der Waals surface area contributed by atoms with E-state index in [1.807, 2.05) is 11.0 Å². The summed E-state index contributed by atoms with van der Waals surface area (Å²) in [4.78, 5) is 15.0. The van der Waals surface area contributed by atoms with Crippen molar-refractivity contribution in [3.8, 4) is 0 Å². The summed E-state index contributed by atoms with van der Waals surface area (Å²) >= 11 is -0.133. The van der Waals surface area contributed by atoms with Crippen LogP contribution in [0.3, 0.4) is 0 Å². The maximum Gasteiger partial charge on any atom is 0.152 e. The quantitative estimate of drug-likeness (QED) is 0.645. The van der Waals surface area contributed by atoms with Gasteiger partial charge in [0.15, 0.2) is 5.82 Å². The highest BCUT2D eigenvalue weighted by atomic mass is 127. The minimum absolute atomic E-state index is 0.133. The van der Waals surface area contributed by atoms with Crippen molar-refractivity contribution in [3.63, 3.8) is 0 Å². The van der Waals surface area contributed by atoms with Crippen LogP contribution < -0.4 is 10.6 Å². The molecule has 0 radical (unpaired) electrons. The number of rotatable bonds is 5. The molecule has 5 nitrogen and oxygen atoms in total. The molecule has 0 amide bonds. The summed E-state index contributed by atoms with van der Waals surface area (Å²) in [5.74, 6) is 1.48. The Morgan fingerprint density at radius 1 is 1.00 bits per heavy atom. The Kier molecular flexibility index (Phi) is 4.92. The van der Waals surface area contributed by atoms with Crippen LogP contribution in [0.1, 0.15) is 5.56 Å². The van der Waals surface area contributed by atoms with Gasteiger partial charge in [0.1, 0.15) is 5.82 Å². The van der Waals surface area contributed by atoms with Crippen molar-refractivity contribution in [3.05, 3.63) is 70.3 Å². The Bertz CT molecular complexity index is 790. The van der Waals surface area contributed by atoms with Crippen LogP contribution in [-0.2, 0) is 6.54 Å². The lowest BCUT2D eigenvalue weighted by molar-refractivity contribution is 0.914. The Morgan fingerprint density at radius 2 is 1.78 bits per heavy atom. The molecule has 0 saturated heterocycles. The minimum Gasteiger partial charge on any atom is -0.399 e. The number of benzene rings is 1. The Labute approximate surface area is 145 Å². The average molecular weight is 417 g/mol. The van der Waals surface area contributed by atoms with Crippen LogP contribution in [0.25, 0.3) is 0 Å². The number of anilines is 3. The third-order valence-electron chi connectivity index (χ3n) is 3.28. The van der Waals surface area contributed by atoms with Gasteiger partial charge in [-0.25, -0.2) is 9.97 Å². The van der Waals surface area contributed by atoms with Crippen LogP contribution in [-0.4, -0.2) is 19.5 Å². The highest BCUT2D eigenvalue weighted by Crippen LogP contribution is 2.25. The molecule has 23 heavy (non-hydrogen) atoms. The summed E-state index contributed by atoms with van der Waals surface area (Å²) in [6.07, 6.45) is 6.75. The van der Waals surface area contributed by atoms with Gasteiger partial charge in [-0.2, -0.15) is 0 Å². The molecule has 0 saturated carbocycles. The molecule has 3 rings (SSSR count). The lowest BCUT2D eigenvalue weighted by Gasteiger charge is -2.22. The molecule has 0 aliphatic carbocycles. The van der Waals surface area contributed by atoms with E-state index in [-0.39, 0.29) is 20.7 Å². The number of hydrogen-bond donors (Lipinski definition) is 1. The summed E-state index contributed by atoms with van der Waals surface area (Å²) in [7, 11) is 0. The summed E-state index contributed by atoms with van der Waals surface area (Å²) < 4.78 is 5.33. The van der Waals surface area contributed by atoms with Crippen molar-refractivity contribution in [2.45, 2.75) is 6.54 Å². The van der Waals surface area contributed by atoms with E-state index in [0.29, 0.717) is 12.2 Å². The third-order valence-corrected chi connectivity index (χ3v) is 4.88. The Balaban J connectivity index is 1.96. The van der Waals surface area contributed by atoms with E-state index < -0.39 is 0 Å². The number of hydrogen-bond acceptors (Lipinski definition) is 5. The summed E-state index contributed by atoms with van der Waals surface area (Å²) in [5, 5.41) is 0. The van der Waals surface area contributed by atoms with Gasteiger partial charge in [-0.3, -0.25) is 4.98 Å². The second kappa shape index (κ2) is 7.28. The fourth-order valence-electron chi connectivity index (χ4n) is 2.15. The average Bonchev–Trinajstić information content (AvgIpc) is 2.61.